The van der Waals surface area contributed by atoms with Crippen LogP contribution in [0.2, 0.25) is 0 Å². The predicted octanol–water partition coefficient (Wildman–Crippen LogP) is 3.03. The molecule has 0 saturated heterocycles. The molecule has 0 aliphatic carbocycles. The van der Waals surface area contributed by atoms with Crippen molar-refractivity contribution in [2.75, 3.05) is 6.73 Å². The van der Waals surface area contributed by atoms with Crippen LogP contribution in [0.5, 0.6) is 0 Å². The van der Waals surface area contributed by atoms with Gasteiger partial charge in [0, 0.05) is 4.88 Å². The van der Waals surface area contributed by atoms with Crippen molar-refractivity contribution in [1.29, 1.82) is 0 Å². The van der Waals surface area contributed by atoms with Crippen molar-refractivity contribution < 1.29 is 19.1 Å². The van der Waals surface area contributed by atoms with Gasteiger partial charge >= 0.3 is 5.97 Å². The number of hydrogen-bond donors (Lipinski definition) is 0. The number of aryl methyl sites for hydroxylation is 2. The molecular formula is C17H15NO4S. The van der Waals surface area contributed by atoms with Gasteiger partial charge in [0.25, 0.3) is 11.8 Å². The molecule has 118 valence electrons. The summed E-state index contributed by atoms with van der Waals surface area (Å²) in [5.74, 6) is -1.39. The highest BCUT2D eigenvalue weighted by molar-refractivity contribution is 7.14. The Morgan fingerprint density at radius 3 is 2.30 bits per heavy atom. The normalized spacial score (nSPS) is 13.4. The van der Waals surface area contributed by atoms with Crippen molar-refractivity contribution in [2.24, 2.45) is 0 Å². The van der Waals surface area contributed by atoms with Crippen molar-refractivity contribution in [2.45, 2.75) is 20.3 Å². The van der Waals surface area contributed by atoms with Gasteiger partial charge in [0.1, 0.15) is 4.88 Å². The molecule has 0 radical (unpaired) electrons. The van der Waals surface area contributed by atoms with Gasteiger partial charge in [-0.15, -0.1) is 11.3 Å². The molecule has 1 aliphatic heterocycles. The summed E-state index contributed by atoms with van der Waals surface area (Å²) in [5, 5.41) is 0. The number of amides is 2. The average molecular weight is 329 g/mol. The van der Waals surface area contributed by atoms with Crippen molar-refractivity contribution >= 4 is 29.1 Å². The molecule has 2 amide bonds. The van der Waals surface area contributed by atoms with Gasteiger partial charge in [-0.25, -0.2) is 9.69 Å². The molecule has 5 nitrogen and oxygen atoms in total. The first-order valence-corrected chi connectivity index (χ1v) is 8.06. The highest BCUT2D eigenvalue weighted by Gasteiger charge is 2.35. The Morgan fingerprint density at radius 1 is 1.17 bits per heavy atom. The summed E-state index contributed by atoms with van der Waals surface area (Å²) in [7, 11) is 0. The number of esters is 1. The summed E-state index contributed by atoms with van der Waals surface area (Å²) in [6.45, 7) is 3.59. The topological polar surface area (TPSA) is 63.7 Å². The van der Waals surface area contributed by atoms with Crippen molar-refractivity contribution in [3.8, 4) is 0 Å². The van der Waals surface area contributed by atoms with Gasteiger partial charge in [-0.1, -0.05) is 19.1 Å². The minimum Gasteiger partial charge on any atom is -0.439 e. The van der Waals surface area contributed by atoms with Gasteiger partial charge in [-0.2, -0.15) is 0 Å². The Labute approximate surface area is 137 Å². The lowest BCUT2D eigenvalue weighted by molar-refractivity contribution is 0.0232. The number of hydrogen-bond acceptors (Lipinski definition) is 5. The molecule has 1 aliphatic rings. The summed E-state index contributed by atoms with van der Waals surface area (Å²) in [5.41, 5.74) is 1.78. The van der Waals surface area contributed by atoms with Crippen LogP contribution >= 0.6 is 11.3 Å². The second kappa shape index (κ2) is 5.96. The van der Waals surface area contributed by atoms with Crippen LogP contribution in [0.15, 0.2) is 30.3 Å². The van der Waals surface area contributed by atoms with E-state index in [1.807, 2.05) is 13.8 Å². The number of benzene rings is 1. The Morgan fingerprint density at radius 2 is 1.78 bits per heavy atom. The molecule has 0 N–H and O–H groups in total. The highest BCUT2D eigenvalue weighted by atomic mass is 32.1. The van der Waals surface area contributed by atoms with Gasteiger partial charge < -0.3 is 4.74 Å². The van der Waals surface area contributed by atoms with E-state index in [0.717, 1.165) is 21.8 Å². The summed E-state index contributed by atoms with van der Waals surface area (Å²) < 4.78 is 5.15. The minimum absolute atomic E-state index is 0.341. The number of fused-ring (bicyclic) bond motifs is 1. The molecule has 3 rings (SSSR count). The van der Waals surface area contributed by atoms with E-state index in [0.29, 0.717) is 16.0 Å². The van der Waals surface area contributed by atoms with Crippen LogP contribution in [0.4, 0.5) is 0 Å². The Hall–Kier alpha value is -2.47. The van der Waals surface area contributed by atoms with E-state index in [1.165, 1.54) is 11.3 Å². The molecular weight excluding hydrogens is 314 g/mol. The Kier molecular flexibility index (Phi) is 4.00. The van der Waals surface area contributed by atoms with Gasteiger partial charge in [-0.3, -0.25) is 9.59 Å². The van der Waals surface area contributed by atoms with Crippen LogP contribution in [0.1, 0.15) is 47.8 Å². The van der Waals surface area contributed by atoms with Crippen molar-refractivity contribution in [3.63, 3.8) is 0 Å². The van der Waals surface area contributed by atoms with Crippen molar-refractivity contribution in [3.05, 3.63) is 56.8 Å². The van der Waals surface area contributed by atoms with Gasteiger partial charge in [0.15, 0.2) is 6.73 Å². The van der Waals surface area contributed by atoms with E-state index in [9.17, 15) is 14.4 Å². The first-order valence-electron chi connectivity index (χ1n) is 7.24. The molecule has 0 saturated carbocycles. The molecule has 23 heavy (non-hydrogen) atoms. The van der Waals surface area contributed by atoms with E-state index in [-0.39, 0.29) is 6.73 Å². The zero-order valence-electron chi connectivity index (χ0n) is 12.8. The van der Waals surface area contributed by atoms with Gasteiger partial charge in [0.2, 0.25) is 0 Å². The predicted molar refractivity (Wildman–Crippen MR) is 85.7 cm³/mol. The lowest BCUT2D eigenvalue weighted by Gasteiger charge is -2.13. The number of carbonyl (C=O) groups excluding carboxylic acids is 3. The number of carbonyl (C=O) groups is 3. The van der Waals surface area contributed by atoms with E-state index >= 15 is 0 Å². The van der Waals surface area contributed by atoms with E-state index in [2.05, 4.69) is 0 Å². The van der Waals surface area contributed by atoms with Crippen LogP contribution in [-0.4, -0.2) is 29.4 Å². The van der Waals surface area contributed by atoms with E-state index in [4.69, 9.17) is 4.74 Å². The fraction of sp³-hybridized carbons (Fsp3) is 0.235. The molecule has 6 heteroatoms. The Balaban J connectivity index is 1.70. The maximum Gasteiger partial charge on any atom is 0.350 e. The number of nitrogens with zero attached hydrogens (tertiary/aromatic N) is 1. The molecule has 0 atom stereocenters. The third kappa shape index (κ3) is 2.66. The molecule has 0 unspecified atom stereocenters. The molecule has 1 aromatic carbocycles. The Bertz CT molecular complexity index is 774. The summed E-state index contributed by atoms with van der Waals surface area (Å²) >= 11 is 1.36. The molecule has 0 fully saturated rings. The van der Waals surface area contributed by atoms with Crippen molar-refractivity contribution in [1.82, 2.24) is 4.90 Å². The second-order valence-corrected chi connectivity index (χ2v) is 6.45. The standard InChI is InChI=1S/C17H15NO4S/c1-3-11-8-14(23-10(11)2)17(21)22-9-18-15(19)12-6-4-5-7-13(12)16(18)20/h4-8H,3,9H2,1-2H3. The second-order valence-electron chi connectivity index (χ2n) is 5.19. The highest BCUT2D eigenvalue weighted by Crippen LogP contribution is 2.24. The average Bonchev–Trinajstić information content (AvgIpc) is 3.05. The molecule has 2 heterocycles. The number of rotatable bonds is 4. The number of imide groups is 1. The van der Waals surface area contributed by atoms with Gasteiger partial charge in [-0.05, 0) is 37.1 Å². The summed E-state index contributed by atoms with van der Waals surface area (Å²) in [6, 6.07) is 8.37. The third-order valence-corrected chi connectivity index (χ3v) is 4.88. The van der Waals surface area contributed by atoms with Crippen LogP contribution in [0, 0.1) is 6.92 Å². The lowest BCUT2D eigenvalue weighted by atomic mass is 10.1. The fourth-order valence-electron chi connectivity index (χ4n) is 2.52. The number of thiophene rings is 1. The lowest BCUT2D eigenvalue weighted by Crippen LogP contribution is -2.33. The number of ether oxygens (including phenoxy) is 1. The molecule has 2 aromatic rings. The van der Waals surface area contributed by atoms with Crippen LogP contribution in [0.25, 0.3) is 0 Å². The largest absolute Gasteiger partial charge is 0.439 e. The SMILES string of the molecule is CCc1cc(C(=O)OCN2C(=O)c3ccccc3C2=O)sc1C. The first kappa shape index (κ1) is 15.4. The van der Waals surface area contributed by atoms with E-state index < -0.39 is 17.8 Å². The summed E-state index contributed by atoms with van der Waals surface area (Å²) in [6.07, 6.45) is 0.841. The quantitative estimate of drug-likeness (QED) is 0.639. The third-order valence-electron chi connectivity index (χ3n) is 3.81. The maximum atomic E-state index is 12.2. The fourth-order valence-corrected chi connectivity index (χ4v) is 3.53. The van der Waals surface area contributed by atoms with E-state index in [1.54, 1.807) is 30.3 Å². The minimum atomic E-state index is -0.519. The summed E-state index contributed by atoms with van der Waals surface area (Å²) in [4.78, 5) is 39.0. The van der Waals surface area contributed by atoms with Gasteiger partial charge in [0.05, 0.1) is 11.1 Å². The monoisotopic (exact) mass is 329 g/mol. The van der Waals surface area contributed by atoms with Crippen LogP contribution in [0.3, 0.4) is 0 Å². The van der Waals surface area contributed by atoms with Crippen LogP contribution in [-0.2, 0) is 11.2 Å². The molecule has 0 spiro atoms. The maximum absolute atomic E-state index is 12.2. The molecule has 0 bridgehead atoms. The van der Waals surface area contributed by atoms with Crippen LogP contribution < -0.4 is 0 Å². The zero-order valence-corrected chi connectivity index (χ0v) is 13.6. The molecule has 1 aromatic heterocycles. The zero-order chi connectivity index (χ0) is 16.6. The first-order chi connectivity index (χ1) is 11.0. The smallest absolute Gasteiger partial charge is 0.350 e.